The summed E-state index contributed by atoms with van der Waals surface area (Å²) in [5.74, 6) is 0.434. The number of nitrogens with one attached hydrogen (secondary N) is 1. The number of para-hydroxylation sites is 1. The van der Waals surface area contributed by atoms with E-state index < -0.39 is 0 Å². The Labute approximate surface area is 161 Å². The zero-order valence-corrected chi connectivity index (χ0v) is 15.0. The Morgan fingerprint density at radius 3 is 2.43 bits per heavy atom. The van der Waals surface area contributed by atoms with Crippen LogP contribution >= 0.6 is 0 Å². The minimum Gasteiger partial charge on any atom is -0.456 e. The molecule has 0 unspecified atom stereocenters. The highest BCUT2D eigenvalue weighted by atomic mass is 16.3. The number of fused-ring (bicyclic) bond motifs is 4. The van der Waals surface area contributed by atoms with Gasteiger partial charge in [-0.1, -0.05) is 66.7 Å². The summed E-state index contributed by atoms with van der Waals surface area (Å²) in [6, 6.07) is 27.5. The van der Waals surface area contributed by atoms with Gasteiger partial charge in [0.2, 0.25) is 0 Å². The van der Waals surface area contributed by atoms with Crippen molar-refractivity contribution < 1.29 is 4.42 Å². The molecule has 4 aromatic carbocycles. The van der Waals surface area contributed by atoms with Gasteiger partial charge in [-0.05, 0) is 29.0 Å². The number of benzene rings is 4. The average molecular weight is 363 g/mol. The lowest BCUT2D eigenvalue weighted by Gasteiger charge is -2.05. The van der Waals surface area contributed by atoms with Crippen LogP contribution in [0.1, 0.15) is 11.1 Å². The Hall–Kier alpha value is -3.92. The summed E-state index contributed by atoms with van der Waals surface area (Å²) in [6.45, 7) is 0. The smallest absolute Gasteiger partial charge is 0.154 e. The van der Waals surface area contributed by atoms with Crippen molar-refractivity contribution in [2.75, 3.05) is 0 Å². The second kappa shape index (κ2) is 6.35. The highest BCUT2D eigenvalue weighted by molar-refractivity contribution is 6.20. The lowest BCUT2D eigenvalue weighted by atomic mass is 10.0. The molecular formula is C24H17N3O. The number of nitrogens with zero attached hydrogens (tertiary/aromatic N) is 1. The van der Waals surface area contributed by atoms with E-state index in [9.17, 15) is 0 Å². The van der Waals surface area contributed by atoms with Gasteiger partial charge in [0, 0.05) is 21.9 Å². The topological polar surface area (TPSA) is 75.4 Å². The number of rotatable bonds is 2. The lowest BCUT2D eigenvalue weighted by molar-refractivity contribution is 0.669. The first-order chi connectivity index (χ1) is 13.7. The van der Waals surface area contributed by atoms with Crippen molar-refractivity contribution in [3.63, 3.8) is 0 Å². The van der Waals surface area contributed by atoms with Crippen molar-refractivity contribution in [1.82, 2.24) is 0 Å². The van der Waals surface area contributed by atoms with Crippen LogP contribution in [0.2, 0.25) is 0 Å². The lowest BCUT2D eigenvalue weighted by Crippen LogP contribution is -2.16. The van der Waals surface area contributed by atoms with E-state index in [2.05, 4.69) is 4.99 Å². The fraction of sp³-hybridized carbons (Fsp3) is 0. The van der Waals surface area contributed by atoms with Crippen LogP contribution < -0.4 is 5.73 Å². The van der Waals surface area contributed by atoms with Gasteiger partial charge in [-0.3, -0.25) is 5.41 Å². The van der Waals surface area contributed by atoms with Crippen molar-refractivity contribution in [2.45, 2.75) is 0 Å². The van der Waals surface area contributed by atoms with Crippen LogP contribution in [-0.2, 0) is 0 Å². The summed E-state index contributed by atoms with van der Waals surface area (Å²) in [4.78, 5) is 4.40. The van der Waals surface area contributed by atoms with Gasteiger partial charge in [-0.15, -0.1) is 0 Å². The van der Waals surface area contributed by atoms with Gasteiger partial charge in [0.25, 0.3) is 0 Å². The zero-order chi connectivity index (χ0) is 19.1. The molecule has 134 valence electrons. The summed E-state index contributed by atoms with van der Waals surface area (Å²) in [5.41, 5.74) is 9.39. The van der Waals surface area contributed by atoms with Gasteiger partial charge in [-0.25, -0.2) is 4.99 Å². The highest BCUT2D eigenvalue weighted by Crippen LogP contribution is 2.31. The number of hydrogen-bond donors (Lipinski definition) is 2. The van der Waals surface area contributed by atoms with Crippen LogP contribution in [-0.4, -0.2) is 11.7 Å². The molecule has 3 N–H and O–H groups in total. The molecule has 0 bridgehead atoms. The van der Waals surface area contributed by atoms with Crippen LogP contribution in [0.3, 0.4) is 0 Å². The standard InChI is InChI=1S/C24H17N3O/c25-23(17-13-12-15-6-1-2-7-16(15)14-17)27-24(26)19-9-5-11-21-22(19)18-8-3-4-10-20(18)28-21/h1-14H,(H3,25,26,27). The molecule has 0 amide bonds. The van der Waals surface area contributed by atoms with Crippen molar-refractivity contribution in [2.24, 2.45) is 10.7 Å². The predicted octanol–water partition coefficient (Wildman–Crippen LogP) is 5.47. The third-order valence-corrected chi connectivity index (χ3v) is 4.93. The SMILES string of the molecule is N=C(/N=C(\N)c1cccc2oc3ccccc3c12)c1ccc2ccccc2c1. The molecule has 4 nitrogen and oxygen atoms in total. The summed E-state index contributed by atoms with van der Waals surface area (Å²) in [7, 11) is 0. The Morgan fingerprint density at radius 2 is 1.54 bits per heavy atom. The molecule has 5 rings (SSSR count). The minimum absolute atomic E-state index is 0.132. The van der Waals surface area contributed by atoms with Crippen molar-refractivity contribution in [1.29, 1.82) is 5.41 Å². The van der Waals surface area contributed by atoms with Gasteiger partial charge in [0.1, 0.15) is 17.0 Å². The Morgan fingerprint density at radius 1 is 0.786 bits per heavy atom. The molecule has 5 aromatic rings. The van der Waals surface area contributed by atoms with E-state index in [1.807, 2.05) is 84.9 Å². The third kappa shape index (κ3) is 2.63. The number of aliphatic imine (C=N–C) groups is 1. The first-order valence-electron chi connectivity index (χ1n) is 9.03. The predicted molar refractivity (Wildman–Crippen MR) is 115 cm³/mol. The second-order valence-corrected chi connectivity index (χ2v) is 6.68. The van der Waals surface area contributed by atoms with E-state index in [0.29, 0.717) is 5.84 Å². The highest BCUT2D eigenvalue weighted by Gasteiger charge is 2.13. The summed E-state index contributed by atoms with van der Waals surface area (Å²) in [6.07, 6.45) is 0. The van der Waals surface area contributed by atoms with E-state index in [1.165, 1.54) is 0 Å². The van der Waals surface area contributed by atoms with Gasteiger partial charge in [-0.2, -0.15) is 0 Å². The molecule has 4 heteroatoms. The number of nitrogens with two attached hydrogens (primary N) is 1. The quantitative estimate of drug-likeness (QED) is 0.322. The molecule has 0 aliphatic rings. The van der Waals surface area contributed by atoms with Gasteiger partial charge in [0.15, 0.2) is 5.84 Å². The molecule has 0 radical (unpaired) electrons. The monoisotopic (exact) mass is 363 g/mol. The fourth-order valence-electron chi connectivity index (χ4n) is 3.57. The van der Waals surface area contributed by atoms with E-state index in [4.69, 9.17) is 15.6 Å². The number of hydrogen-bond acceptors (Lipinski definition) is 2. The first kappa shape index (κ1) is 16.3. The first-order valence-corrected chi connectivity index (χ1v) is 9.03. The second-order valence-electron chi connectivity index (χ2n) is 6.68. The third-order valence-electron chi connectivity index (χ3n) is 4.93. The maximum atomic E-state index is 8.43. The number of furan rings is 1. The molecule has 1 aromatic heterocycles. The van der Waals surface area contributed by atoms with Crippen LogP contribution in [0.5, 0.6) is 0 Å². The maximum Gasteiger partial charge on any atom is 0.154 e. The molecule has 0 saturated heterocycles. The Bertz CT molecular complexity index is 1400. The van der Waals surface area contributed by atoms with Crippen LogP contribution in [0.15, 0.2) is 94.3 Å². The molecule has 1 heterocycles. The van der Waals surface area contributed by atoms with Crippen molar-refractivity contribution >= 4 is 44.4 Å². The molecular weight excluding hydrogens is 346 g/mol. The summed E-state index contributed by atoms with van der Waals surface area (Å²) >= 11 is 0. The van der Waals surface area contributed by atoms with Gasteiger partial charge in [0.05, 0.1) is 0 Å². The zero-order valence-electron chi connectivity index (χ0n) is 15.0. The Kier molecular flexibility index (Phi) is 3.69. The molecule has 28 heavy (non-hydrogen) atoms. The van der Waals surface area contributed by atoms with Crippen molar-refractivity contribution in [3.05, 3.63) is 96.1 Å². The minimum atomic E-state index is 0.132. The van der Waals surface area contributed by atoms with Crippen molar-refractivity contribution in [3.8, 4) is 0 Å². The molecule has 0 aliphatic carbocycles. The molecule has 0 saturated carbocycles. The Balaban J connectivity index is 1.61. The van der Waals surface area contributed by atoms with Gasteiger partial charge < -0.3 is 10.2 Å². The van der Waals surface area contributed by atoms with E-state index >= 15 is 0 Å². The van der Waals surface area contributed by atoms with E-state index in [1.54, 1.807) is 0 Å². The van der Waals surface area contributed by atoms with E-state index in [-0.39, 0.29) is 5.84 Å². The molecule has 0 aliphatic heterocycles. The van der Waals surface area contributed by atoms with Crippen LogP contribution in [0.4, 0.5) is 0 Å². The molecule has 0 fully saturated rings. The van der Waals surface area contributed by atoms with E-state index in [0.717, 1.165) is 43.8 Å². The number of amidine groups is 2. The molecule has 0 atom stereocenters. The average Bonchev–Trinajstić information content (AvgIpc) is 3.12. The van der Waals surface area contributed by atoms with Crippen LogP contribution in [0, 0.1) is 5.41 Å². The fourth-order valence-corrected chi connectivity index (χ4v) is 3.57. The largest absolute Gasteiger partial charge is 0.456 e. The van der Waals surface area contributed by atoms with Gasteiger partial charge >= 0.3 is 0 Å². The summed E-state index contributed by atoms with van der Waals surface area (Å²) < 4.78 is 5.92. The van der Waals surface area contributed by atoms with Crippen LogP contribution in [0.25, 0.3) is 32.7 Å². The maximum absolute atomic E-state index is 8.43. The molecule has 0 spiro atoms. The normalized spacial score (nSPS) is 12.1. The summed E-state index contributed by atoms with van der Waals surface area (Å²) in [5, 5.41) is 12.5.